The van der Waals surface area contributed by atoms with Crippen LogP contribution in [0.25, 0.3) is 5.57 Å². The molecule has 3 aromatic rings. The summed E-state index contributed by atoms with van der Waals surface area (Å²) in [5, 5.41) is 0. The summed E-state index contributed by atoms with van der Waals surface area (Å²) in [4.78, 5) is 28.0. The summed E-state index contributed by atoms with van der Waals surface area (Å²) in [5.74, 6) is -4.21. The Kier molecular flexibility index (Phi) is 5.38. The minimum atomic E-state index is -0.827. The molecular formula is C28H17Br2F2NO2. The number of carbonyl (C=O) groups excluding carboxylic acids is 2. The number of hydrogen-bond acceptors (Lipinski definition) is 2. The van der Waals surface area contributed by atoms with E-state index in [2.05, 4.69) is 31.9 Å². The standard InChI is InChI=1S/C28H17Br2F2NO2/c29-16-5-1-14(2-6-16)23(15-3-7-17(30)8-4-15)24-21-9-10-22(24)26-25(21)27(34)33(28(26)35)20-12-18(31)11-19(32)13-20/h1-13,21-22,25-26H/t21-,22-,25+,26+/m0/s1. The molecule has 2 amide bonds. The molecule has 0 aromatic heterocycles. The van der Waals surface area contributed by atoms with Crippen LogP contribution in [-0.4, -0.2) is 11.8 Å². The monoisotopic (exact) mass is 595 g/mol. The minimum absolute atomic E-state index is 0.0575. The third-order valence-corrected chi connectivity index (χ3v) is 8.13. The molecule has 2 fully saturated rings. The van der Waals surface area contributed by atoms with Crippen LogP contribution in [-0.2, 0) is 9.59 Å². The van der Waals surface area contributed by atoms with Crippen molar-refractivity contribution in [3.63, 3.8) is 0 Å². The molecule has 35 heavy (non-hydrogen) atoms. The SMILES string of the molecule is O=C1[C@H]2[C@H](C(=O)N1c1cc(F)cc(F)c1)[C@H]1C=C[C@H]2C1=C(c1ccc(Br)cc1)c1ccc(Br)cc1. The van der Waals surface area contributed by atoms with E-state index in [1.165, 1.54) is 0 Å². The van der Waals surface area contributed by atoms with Gasteiger partial charge in [0.05, 0.1) is 17.5 Å². The van der Waals surface area contributed by atoms with Gasteiger partial charge in [0.1, 0.15) is 11.6 Å². The van der Waals surface area contributed by atoms with E-state index in [0.717, 1.165) is 54.3 Å². The second-order valence-electron chi connectivity index (χ2n) is 8.97. The highest BCUT2D eigenvalue weighted by Crippen LogP contribution is 2.59. The predicted octanol–water partition coefficient (Wildman–Crippen LogP) is 6.91. The van der Waals surface area contributed by atoms with Crippen molar-refractivity contribution in [2.75, 3.05) is 4.90 Å². The van der Waals surface area contributed by atoms with Gasteiger partial charge >= 0.3 is 0 Å². The first kappa shape index (κ1) is 22.6. The molecule has 3 aromatic carbocycles. The number of imide groups is 1. The molecule has 0 radical (unpaired) electrons. The smallest absolute Gasteiger partial charge is 0.238 e. The summed E-state index contributed by atoms with van der Waals surface area (Å²) in [6.07, 6.45) is 4.00. The second-order valence-corrected chi connectivity index (χ2v) is 10.8. The van der Waals surface area contributed by atoms with Crippen LogP contribution in [0.15, 0.2) is 93.4 Å². The van der Waals surface area contributed by atoms with E-state index in [1.807, 2.05) is 60.7 Å². The third kappa shape index (κ3) is 3.55. The Labute approximate surface area is 217 Å². The van der Waals surface area contributed by atoms with Crippen LogP contribution in [0.5, 0.6) is 0 Å². The number of rotatable bonds is 3. The second kappa shape index (κ2) is 8.35. The van der Waals surface area contributed by atoms with E-state index in [9.17, 15) is 18.4 Å². The van der Waals surface area contributed by atoms with E-state index in [-0.39, 0.29) is 17.5 Å². The lowest BCUT2D eigenvalue weighted by molar-refractivity contribution is -0.122. The van der Waals surface area contributed by atoms with Crippen molar-refractivity contribution in [1.82, 2.24) is 0 Å². The van der Waals surface area contributed by atoms with Gasteiger partial charge in [-0.15, -0.1) is 0 Å². The number of amides is 2. The molecule has 174 valence electrons. The van der Waals surface area contributed by atoms with Crippen molar-refractivity contribution >= 4 is 54.9 Å². The molecular weight excluding hydrogens is 580 g/mol. The Balaban J connectivity index is 1.49. The summed E-state index contributed by atoms with van der Waals surface area (Å²) in [7, 11) is 0. The first-order chi connectivity index (χ1) is 16.8. The van der Waals surface area contributed by atoms with Gasteiger partial charge in [-0.25, -0.2) is 13.7 Å². The Hall–Kier alpha value is -2.90. The van der Waals surface area contributed by atoms with Crippen LogP contribution in [0.1, 0.15) is 11.1 Å². The van der Waals surface area contributed by atoms with E-state index in [0.29, 0.717) is 0 Å². The van der Waals surface area contributed by atoms with Gasteiger partial charge in [0, 0.05) is 26.8 Å². The maximum absolute atomic E-state index is 13.9. The number of carbonyl (C=O) groups is 2. The van der Waals surface area contributed by atoms with Gasteiger partial charge in [0.2, 0.25) is 11.8 Å². The zero-order valence-corrected chi connectivity index (χ0v) is 21.3. The summed E-state index contributed by atoms with van der Waals surface area (Å²) in [5.41, 5.74) is 3.97. The normalized spacial score (nSPS) is 24.5. The molecule has 0 N–H and O–H groups in total. The van der Waals surface area contributed by atoms with Gasteiger partial charge in [-0.2, -0.15) is 0 Å². The van der Waals surface area contributed by atoms with Crippen molar-refractivity contribution in [3.05, 3.63) is 116 Å². The topological polar surface area (TPSA) is 37.4 Å². The number of hydrogen-bond donors (Lipinski definition) is 0. The molecule has 1 saturated heterocycles. The lowest BCUT2D eigenvalue weighted by Gasteiger charge is -2.22. The van der Waals surface area contributed by atoms with Crippen LogP contribution in [0, 0.1) is 35.3 Å². The van der Waals surface area contributed by atoms with Gasteiger partial charge in [-0.1, -0.05) is 68.3 Å². The van der Waals surface area contributed by atoms with Gasteiger partial charge in [0.15, 0.2) is 0 Å². The van der Waals surface area contributed by atoms with Crippen LogP contribution >= 0.6 is 31.9 Å². The Morgan fingerprint density at radius 2 is 1.11 bits per heavy atom. The lowest BCUT2D eigenvalue weighted by Crippen LogP contribution is -2.33. The number of allylic oxidation sites excluding steroid dienone is 3. The zero-order chi connectivity index (χ0) is 24.4. The Morgan fingerprint density at radius 3 is 1.54 bits per heavy atom. The van der Waals surface area contributed by atoms with Crippen LogP contribution in [0.3, 0.4) is 0 Å². The molecule has 1 heterocycles. The van der Waals surface area contributed by atoms with Crippen LogP contribution in [0.4, 0.5) is 14.5 Å². The van der Waals surface area contributed by atoms with Crippen molar-refractivity contribution in [2.45, 2.75) is 0 Å². The van der Waals surface area contributed by atoms with Gasteiger partial charge in [-0.05, 0) is 58.7 Å². The predicted molar refractivity (Wildman–Crippen MR) is 136 cm³/mol. The highest BCUT2D eigenvalue weighted by atomic mass is 79.9. The van der Waals surface area contributed by atoms with Crippen LogP contribution in [0.2, 0.25) is 0 Å². The maximum atomic E-state index is 13.9. The fraction of sp³-hybridized carbons (Fsp3) is 0.143. The Bertz CT molecular complexity index is 1350. The molecule has 7 heteroatoms. The molecule has 4 atom stereocenters. The van der Waals surface area contributed by atoms with E-state index >= 15 is 0 Å². The highest BCUT2D eigenvalue weighted by Gasteiger charge is 2.62. The number of benzene rings is 3. The number of anilines is 1. The van der Waals surface area contributed by atoms with Gasteiger partial charge in [0.25, 0.3) is 0 Å². The first-order valence-electron chi connectivity index (χ1n) is 11.1. The summed E-state index contributed by atoms with van der Waals surface area (Å²) in [6, 6.07) is 18.7. The average molecular weight is 597 g/mol. The summed E-state index contributed by atoms with van der Waals surface area (Å²) < 4.78 is 29.7. The third-order valence-electron chi connectivity index (χ3n) is 7.08. The fourth-order valence-electron chi connectivity index (χ4n) is 5.75. The van der Waals surface area contributed by atoms with Crippen molar-refractivity contribution in [1.29, 1.82) is 0 Å². The van der Waals surface area contributed by atoms with Crippen molar-refractivity contribution in [3.8, 4) is 0 Å². The largest absolute Gasteiger partial charge is 0.274 e. The lowest BCUT2D eigenvalue weighted by atomic mass is 9.85. The van der Waals surface area contributed by atoms with Crippen molar-refractivity contribution < 1.29 is 18.4 Å². The van der Waals surface area contributed by atoms with E-state index in [4.69, 9.17) is 0 Å². The molecule has 1 saturated carbocycles. The summed E-state index contributed by atoms with van der Waals surface area (Å²) in [6.45, 7) is 0. The molecule has 2 aliphatic carbocycles. The summed E-state index contributed by atoms with van der Waals surface area (Å²) >= 11 is 6.98. The first-order valence-corrected chi connectivity index (χ1v) is 12.7. The minimum Gasteiger partial charge on any atom is -0.274 e. The van der Waals surface area contributed by atoms with Gasteiger partial charge < -0.3 is 0 Å². The molecule has 1 aliphatic heterocycles. The number of halogens is 4. The highest BCUT2D eigenvalue weighted by molar-refractivity contribution is 9.10. The maximum Gasteiger partial charge on any atom is 0.238 e. The molecule has 0 unspecified atom stereocenters. The zero-order valence-electron chi connectivity index (χ0n) is 18.1. The van der Waals surface area contributed by atoms with E-state index < -0.39 is 35.3 Å². The van der Waals surface area contributed by atoms with Gasteiger partial charge in [-0.3, -0.25) is 9.59 Å². The molecule has 6 rings (SSSR count). The fourth-order valence-corrected chi connectivity index (χ4v) is 6.28. The number of fused-ring (bicyclic) bond motifs is 5. The Morgan fingerprint density at radius 1 is 0.686 bits per heavy atom. The quantitative estimate of drug-likeness (QED) is 0.243. The molecule has 0 spiro atoms. The number of nitrogens with zero attached hydrogens (tertiary/aromatic N) is 1. The average Bonchev–Trinajstić information content (AvgIpc) is 3.45. The van der Waals surface area contributed by atoms with Crippen molar-refractivity contribution in [2.24, 2.45) is 23.7 Å². The molecule has 3 nitrogen and oxygen atoms in total. The van der Waals surface area contributed by atoms with E-state index in [1.54, 1.807) is 0 Å². The molecule has 3 aliphatic rings. The molecule has 2 bridgehead atoms. The van der Waals surface area contributed by atoms with Crippen LogP contribution < -0.4 is 4.90 Å².